The monoisotopic (exact) mass is 428 g/mol. The van der Waals surface area contributed by atoms with Gasteiger partial charge in [0, 0.05) is 43.8 Å². The summed E-state index contributed by atoms with van der Waals surface area (Å²) in [5, 5.41) is 0.538. The van der Waals surface area contributed by atoms with Crippen LogP contribution in [0.3, 0.4) is 0 Å². The van der Waals surface area contributed by atoms with E-state index in [-0.39, 0.29) is 4.90 Å². The molecule has 28 heavy (non-hydrogen) atoms. The van der Waals surface area contributed by atoms with Crippen molar-refractivity contribution < 1.29 is 8.42 Å². The predicted octanol–water partition coefficient (Wildman–Crippen LogP) is 1.82. The van der Waals surface area contributed by atoms with E-state index >= 15 is 0 Å². The second kappa shape index (κ2) is 9.41. The molecule has 4 rings (SSSR count). The van der Waals surface area contributed by atoms with Gasteiger partial charge in [0.05, 0.1) is 4.90 Å². The van der Waals surface area contributed by atoms with Gasteiger partial charge in [-0.15, -0.1) is 0 Å². The van der Waals surface area contributed by atoms with E-state index in [4.69, 9.17) is 11.6 Å². The van der Waals surface area contributed by atoms with E-state index in [2.05, 4.69) is 40.6 Å². The second-order valence-electron chi connectivity index (χ2n) is 8.56. The van der Waals surface area contributed by atoms with Crippen molar-refractivity contribution >= 4 is 21.6 Å². The topological polar surface area (TPSA) is 55.9 Å². The van der Waals surface area contributed by atoms with Crippen LogP contribution in [0.25, 0.3) is 0 Å². The van der Waals surface area contributed by atoms with Gasteiger partial charge in [0.15, 0.2) is 0 Å². The minimum Gasteiger partial charge on any atom is -0.308 e. The fourth-order valence-electron chi connectivity index (χ4n) is 4.43. The molecule has 1 N–H and O–H groups in total. The lowest BCUT2D eigenvalue weighted by molar-refractivity contribution is -0.00782. The lowest BCUT2D eigenvalue weighted by atomic mass is 9.75. The fraction of sp³-hybridized carbons (Fsp3) is 0.700. The average molecular weight is 429 g/mol. The van der Waals surface area contributed by atoms with E-state index in [0.29, 0.717) is 29.4 Å². The molecule has 158 valence electrons. The summed E-state index contributed by atoms with van der Waals surface area (Å²) in [4.78, 5) is 7.41. The van der Waals surface area contributed by atoms with Gasteiger partial charge in [-0.05, 0) is 76.6 Å². The highest BCUT2D eigenvalue weighted by molar-refractivity contribution is 7.89. The molecule has 1 aromatic rings. The Morgan fingerprint density at radius 1 is 1.18 bits per heavy atom. The van der Waals surface area contributed by atoms with Crippen molar-refractivity contribution in [1.29, 1.82) is 0 Å². The third-order valence-electron chi connectivity index (χ3n) is 6.12. The van der Waals surface area contributed by atoms with Crippen LogP contribution in [0.5, 0.6) is 0 Å². The SMILES string of the molecule is CN(C)CCN(C)CC1CN2CCC1CC2CNS(=O)(=O)c1ccc(Cl)cc1. The molecule has 0 aromatic heterocycles. The number of hydrogen-bond donors (Lipinski definition) is 1. The molecular weight excluding hydrogens is 396 g/mol. The summed E-state index contributed by atoms with van der Waals surface area (Å²) in [5.41, 5.74) is 0. The number of benzene rings is 1. The first-order valence-electron chi connectivity index (χ1n) is 10.1. The molecule has 0 radical (unpaired) electrons. The molecule has 3 aliphatic heterocycles. The first-order chi connectivity index (χ1) is 13.2. The number of nitrogens with zero attached hydrogens (tertiary/aromatic N) is 3. The fourth-order valence-corrected chi connectivity index (χ4v) is 5.63. The number of fused-ring (bicyclic) bond motifs is 3. The highest BCUT2D eigenvalue weighted by atomic mass is 35.5. The molecule has 0 spiro atoms. The molecule has 4 unspecified atom stereocenters. The lowest BCUT2D eigenvalue weighted by Crippen LogP contribution is -2.58. The van der Waals surface area contributed by atoms with Gasteiger partial charge >= 0.3 is 0 Å². The molecule has 0 saturated carbocycles. The highest BCUT2D eigenvalue weighted by Crippen LogP contribution is 2.36. The number of piperidine rings is 3. The number of rotatable bonds is 9. The Labute approximate surface area is 174 Å². The summed E-state index contributed by atoms with van der Waals surface area (Å²) in [5.74, 6) is 1.38. The molecule has 0 aliphatic carbocycles. The third kappa shape index (κ3) is 5.68. The predicted molar refractivity (Wildman–Crippen MR) is 114 cm³/mol. The molecule has 3 fully saturated rings. The maximum absolute atomic E-state index is 12.5. The normalized spacial score (nSPS) is 27.6. The Morgan fingerprint density at radius 3 is 2.50 bits per heavy atom. The van der Waals surface area contributed by atoms with Gasteiger partial charge in [0.25, 0.3) is 0 Å². The zero-order chi connectivity index (χ0) is 20.3. The van der Waals surface area contributed by atoms with E-state index in [1.54, 1.807) is 24.3 Å². The second-order valence-corrected chi connectivity index (χ2v) is 10.8. The summed E-state index contributed by atoms with van der Waals surface area (Å²) in [6, 6.07) is 6.62. The van der Waals surface area contributed by atoms with Crippen molar-refractivity contribution in [2.75, 3.05) is 60.4 Å². The summed E-state index contributed by atoms with van der Waals surface area (Å²) < 4.78 is 27.9. The molecule has 4 atom stereocenters. The molecule has 3 heterocycles. The first-order valence-corrected chi connectivity index (χ1v) is 11.9. The van der Waals surface area contributed by atoms with Crippen molar-refractivity contribution in [3.8, 4) is 0 Å². The van der Waals surface area contributed by atoms with Gasteiger partial charge in [0.2, 0.25) is 10.0 Å². The molecule has 3 saturated heterocycles. The Kier molecular flexibility index (Phi) is 7.39. The van der Waals surface area contributed by atoms with Crippen LogP contribution < -0.4 is 4.72 Å². The number of nitrogens with one attached hydrogen (secondary N) is 1. The molecule has 6 nitrogen and oxygen atoms in total. The maximum Gasteiger partial charge on any atom is 0.240 e. The van der Waals surface area contributed by atoms with E-state index in [9.17, 15) is 8.42 Å². The minimum absolute atomic E-state index is 0.272. The Hall–Kier alpha value is -0.700. The van der Waals surface area contributed by atoms with Gasteiger partial charge in [0.1, 0.15) is 0 Å². The highest BCUT2D eigenvalue weighted by Gasteiger charge is 2.40. The largest absolute Gasteiger partial charge is 0.308 e. The lowest BCUT2D eigenvalue weighted by Gasteiger charge is -2.50. The summed E-state index contributed by atoms with van der Waals surface area (Å²) in [7, 11) is 2.94. The zero-order valence-electron chi connectivity index (χ0n) is 17.1. The van der Waals surface area contributed by atoms with Gasteiger partial charge in [-0.1, -0.05) is 11.6 Å². The first kappa shape index (κ1) is 22.0. The van der Waals surface area contributed by atoms with Crippen LogP contribution in [-0.4, -0.2) is 89.6 Å². The van der Waals surface area contributed by atoms with Crippen LogP contribution in [0.4, 0.5) is 0 Å². The summed E-state index contributed by atoms with van der Waals surface area (Å²) in [6.07, 6.45) is 2.31. The average Bonchev–Trinajstić information content (AvgIpc) is 2.66. The third-order valence-corrected chi connectivity index (χ3v) is 7.81. The van der Waals surface area contributed by atoms with Crippen molar-refractivity contribution in [3.63, 3.8) is 0 Å². The van der Waals surface area contributed by atoms with Gasteiger partial charge in [-0.3, -0.25) is 4.90 Å². The molecule has 3 aliphatic rings. The zero-order valence-corrected chi connectivity index (χ0v) is 18.7. The standard InChI is InChI=1S/C20H33ClN4O2S/c1-23(2)10-11-24(3)14-17-15-25-9-8-16(17)12-19(25)13-22-28(26,27)20-6-4-18(21)5-7-20/h4-7,16-17,19,22H,8-15H2,1-3H3. The number of halogens is 1. The van der Waals surface area contributed by atoms with E-state index in [1.807, 2.05) is 0 Å². The van der Waals surface area contributed by atoms with Gasteiger partial charge in [-0.2, -0.15) is 0 Å². The van der Waals surface area contributed by atoms with E-state index in [1.165, 1.54) is 6.42 Å². The van der Waals surface area contributed by atoms with Crippen LogP contribution in [0, 0.1) is 11.8 Å². The Balaban J connectivity index is 1.51. The summed E-state index contributed by atoms with van der Waals surface area (Å²) >= 11 is 5.86. The molecule has 1 aromatic carbocycles. The van der Waals surface area contributed by atoms with Crippen molar-refractivity contribution in [3.05, 3.63) is 29.3 Å². The Bertz CT molecular complexity index is 741. The van der Waals surface area contributed by atoms with Crippen LogP contribution in [0.15, 0.2) is 29.2 Å². The van der Waals surface area contributed by atoms with Crippen LogP contribution in [0.1, 0.15) is 12.8 Å². The van der Waals surface area contributed by atoms with Gasteiger partial charge < -0.3 is 9.80 Å². The van der Waals surface area contributed by atoms with Crippen LogP contribution in [0.2, 0.25) is 5.02 Å². The van der Waals surface area contributed by atoms with Gasteiger partial charge in [-0.25, -0.2) is 13.1 Å². The quantitative estimate of drug-likeness (QED) is 0.650. The maximum atomic E-state index is 12.5. The van der Waals surface area contributed by atoms with E-state index in [0.717, 1.165) is 39.1 Å². The van der Waals surface area contributed by atoms with Crippen molar-refractivity contribution in [1.82, 2.24) is 19.4 Å². The van der Waals surface area contributed by atoms with Crippen molar-refractivity contribution in [2.45, 2.75) is 23.8 Å². The minimum atomic E-state index is -3.49. The number of sulfonamides is 1. The smallest absolute Gasteiger partial charge is 0.240 e. The molecule has 2 bridgehead atoms. The summed E-state index contributed by atoms with van der Waals surface area (Å²) in [6.45, 7) is 5.91. The number of hydrogen-bond acceptors (Lipinski definition) is 5. The molecule has 8 heteroatoms. The van der Waals surface area contributed by atoms with Crippen LogP contribution in [-0.2, 0) is 10.0 Å². The number of likely N-dealkylation sites (N-methyl/N-ethyl adjacent to an activating group) is 2. The van der Waals surface area contributed by atoms with E-state index < -0.39 is 10.0 Å². The molecular formula is C20H33ClN4O2S. The van der Waals surface area contributed by atoms with Crippen molar-refractivity contribution in [2.24, 2.45) is 11.8 Å². The Morgan fingerprint density at radius 2 is 1.89 bits per heavy atom. The molecule has 0 amide bonds. The van der Waals surface area contributed by atoms with Crippen LogP contribution >= 0.6 is 11.6 Å².